The molecule has 1 aliphatic carbocycles. The van der Waals surface area contributed by atoms with Crippen molar-refractivity contribution < 1.29 is 0 Å². The van der Waals surface area contributed by atoms with E-state index in [1.54, 1.807) is 0 Å². The van der Waals surface area contributed by atoms with Crippen LogP contribution in [-0.2, 0) is 0 Å². The van der Waals surface area contributed by atoms with Crippen LogP contribution in [0, 0.1) is 10.8 Å². The van der Waals surface area contributed by atoms with Crippen LogP contribution in [0.3, 0.4) is 0 Å². The van der Waals surface area contributed by atoms with Gasteiger partial charge in [-0.15, -0.1) is 0 Å². The highest BCUT2D eigenvalue weighted by atomic mass is 14.8. The highest BCUT2D eigenvalue weighted by molar-refractivity contribution is 5.26. The second-order valence-electron chi connectivity index (χ2n) is 6.61. The van der Waals surface area contributed by atoms with Crippen molar-refractivity contribution in [1.29, 1.82) is 0 Å². The Balaban J connectivity index is 0.00000154. The van der Waals surface area contributed by atoms with Gasteiger partial charge in [0.25, 0.3) is 0 Å². The summed E-state index contributed by atoms with van der Waals surface area (Å²) in [6, 6.07) is 0. The Morgan fingerprint density at radius 2 is 1.63 bits per heavy atom. The Kier molecular flexibility index (Phi) is 6.28. The zero-order chi connectivity index (χ0) is 15.3. The van der Waals surface area contributed by atoms with E-state index in [0.717, 1.165) is 6.42 Å². The molecule has 0 heterocycles. The van der Waals surface area contributed by atoms with Crippen molar-refractivity contribution in [3.63, 3.8) is 0 Å². The smallest absolute Gasteiger partial charge is 0.0160 e. The van der Waals surface area contributed by atoms with Crippen LogP contribution in [0.4, 0.5) is 0 Å². The molecule has 0 bridgehead atoms. The number of hydrogen-bond acceptors (Lipinski definition) is 1. The van der Waals surface area contributed by atoms with Crippen molar-refractivity contribution in [2.45, 2.75) is 67.3 Å². The van der Waals surface area contributed by atoms with Gasteiger partial charge in [-0.1, -0.05) is 70.6 Å². The van der Waals surface area contributed by atoms with Crippen molar-refractivity contribution in [3.8, 4) is 0 Å². The predicted molar refractivity (Wildman–Crippen MR) is 88.2 cm³/mol. The van der Waals surface area contributed by atoms with E-state index in [1.807, 2.05) is 13.8 Å². The highest BCUT2D eigenvalue weighted by Gasteiger charge is 2.45. The van der Waals surface area contributed by atoms with Gasteiger partial charge in [0.05, 0.1) is 0 Å². The Morgan fingerprint density at radius 3 is 2.11 bits per heavy atom. The van der Waals surface area contributed by atoms with Gasteiger partial charge in [-0.3, -0.25) is 0 Å². The summed E-state index contributed by atoms with van der Waals surface area (Å²) in [5, 5.41) is 0. The van der Waals surface area contributed by atoms with Gasteiger partial charge in [0.15, 0.2) is 0 Å². The van der Waals surface area contributed by atoms with Gasteiger partial charge >= 0.3 is 0 Å². The molecule has 110 valence electrons. The monoisotopic (exact) mass is 263 g/mol. The minimum atomic E-state index is -0.228. The molecule has 0 aromatic carbocycles. The van der Waals surface area contributed by atoms with Crippen LogP contribution in [0.5, 0.6) is 0 Å². The lowest BCUT2D eigenvalue weighted by molar-refractivity contribution is 0.0960. The highest BCUT2D eigenvalue weighted by Crippen LogP contribution is 2.48. The van der Waals surface area contributed by atoms with Gasteiger partial charge in [-0.2, -0.15) is 0 Å². The lowest BCUT2D eigenvalue weighted by Crippen LogP contribution is -2.54. The molecule has 1 heteroatoms. The number of hydrogen-bond donors (Lipinski definition) is 1. The molecule has 0 aromatic rings. The first kappa shape index (κ1) is 18.2. The number of nitrogens with two attached hydrogens (primary N) is 1. The molecule has 2 N–H and O–H groups in total. The van der Waals surface area contributed by atoms with Gasteiger partial charge in [0.2, 0.25) is 0 Å². The SMILES string of the molecule is CC.CC1=C/C=C\C(C)(C(C)(C)C(C)(C)N)/C=C\C1. The van der Waals surface area contributed by atoms with Gasteiger partial charge < -0.3 is 5.73 Å². The largest absolute Gasteiger partial charge is 0.325 e. The molecule has 19 heavy (non-hydrogen) atoms. The molecule has 1 nitrogen and oxygen atoms in total. The summed E-state index contributed by atoms with van der Waals surface area (Å²) in [4.78, 5) is 0. The lowest BCUT2D eigenvalue weighted by atomic mass is 9.57. The molecular weight excluding hydrogens is 230 g/mol. The Hall–Kier alpha value is -0.820. The van der Waals surface area contributed by atoms with E-state index in [1.165, 1.54) is 5.57 Å². The second-order valence-corrected chi connectivity index (χ2v) is 6.61. The molecule has 0 aromatic heterocycles. The van der Waals surface area contributed by atoms with Gasteiger partial charge in [-0.05, 0) is 32.6 Å². The molecule has 1 aliphatic rings. The van der Waals surface area contributed by atoms with E-state index >= 15 is 0 Å². The molecule has 0 aliphatic heterocycles. The number of allylic oxidation sites excluding steroid dienone is 6. The summed E-state index contributed by atoms with van der Waals surface area (Å²) in [5.41, 5.74) is 7.51. The van der Waals surface area contributed by atoms with Gasteiger partial charge in [0.1, 0.15) is 0 Å². The maximum Gasteiger partial charge on any atom is 0.0160 e. The summed E-state index contributed by atoms with van der Waals surface area (Å²) in [5.74, 6) is 0. The zero-order valence-electron chi connectivity index (χ0n) is 14.2. The van der Waals surface area contributed by atoms with E-state index in [4.69, 9.17) is 5.73 Å². The van der Waals surface area contributed by atoms with Crippen molar-refractivity contribution in [3.05, 3.63) is 36.0 Å². The van der Waals surface area contributed by atoms with Crippen LogP contribution in [0.2, 0.25) is 0 Å². The Bertz CT molecular complexity index is 364. The molecule has 0 spiro atoms. The molecule has 0 radical (unpaired) electrons. The molecule has 0 saturated heterocycles. The fraction of sp³-hybridized carbons (Fsp3) is 0.667. The lowest BCUT2D eigenvalue weighted by Gasteiger charge is -2.49. The summed E-state index contributed by atoms with van der Waals surface area (Å²) < 4.78 is 0. The fourth-order valence-electron chi connectivity index (χ4n) is 2.14. The van der Waals surface area contributed by atoms with Gasteiger partial charge in [-0.25, -0.2) is 0 Å². The minimum absolute atomic E-state index is 0.00785. The van der Waals surface area contributed by atoms with E-state index in [9.17, 15) is 0 Å². The van der Waals surface area contributed by atoms with Crippen LogP contribution in [0.25, 0.3) is 0 Å². The minimum Gasteiger partial charge on any atom is -0.325 e. The zero-order valence-corrected chi connectivity index (χ0v) is 14.2. The average Bonchev–Trinajstić information content (AvgIpc) is 2.27. The van der Waals surface area contributed by atoms with E-state index in [-0.39, 0.29) is 16.4 Å². The molecule has 0 saturated carbocycles. The first-order chi connectivity index (χ1) is 8.60. The van der Waals surface area contributed by atoms with Crippen LogP contribution in [0.1, 0.15) is 61.8 Å². The topological polar surface area (TPSA) is 26.0 Å². The molecule has 1 unspecified atom stereocenters. The van der Waals surface area contributed by atoms with Crippen molar-refractivity contribution >= 4 is 0 Å². The fourth-order valence-corrected chi connectivity index (χ4v) is 2.14. The predicted octanol–water partition coefficient (Wildman–Crippen LogP) is 5.24. The van der Waals surface area contributed by atoms with Crippen molar-refractivity contribution in [2.75, 3.05) is 0 Å². The maximum absolute atomic E-state index is 6.36. The third-order valence-corrected chi connectivity index (χ3v) is 4.68. The van der Waals surface area contributed by atoms with Crippen LogP contribution in [0.15, 0.2) is 36.0 Å². The van der Waals surface area contributed by atoms with Crippen molar-refractivity contribution in [2.24, 2.45) is 16.6 Å². The van der Waals surface area contributed by atoms with Crippen molar-refractivity contribution in [1.82, 2.24) is 0 Å². The van der Waals surface area contributed by atoms with E-state index < -0.39 is 0 Å². The summed E-state index contributed by atoms with van der Waals surface area (Å²) >= 11 is 0. The van der Waals surface area contributed by atoms with Gasteiger partial charge in [0, 0.05) is 11.0 Å². The Morgan fingerprint density at radius 1 is 1.11 bits per heavy atom. The first-order valence-electron chi connectivity index (χ1n) is 7.42. The van der Waals surface area contributed by atoms with Crippen LogP contribution < -0.4 is 5.73 Å². The summed E-state index contributed by atoms with van der Waals surface area (Å²) in [7, 11) is 0. The first-order valence-corrected chi connectivity index (χ1v) is 7.42. The second kappa shape index (κ2) is 6.56. The third kappa shape index (κ3) is 4.07. The Labute approximate surface area is 120 Å². The summed E-state index contributed by atoms with van der Waals surface area (Å²) in [6.07, 6.45) is 12.3. The summed E-state index contributed by atoms with van der Waals surface area (Å²) in [6.45, 7) is 17.2. The quantitative estimate of drug-likeness (QED) is 0.677. The molecular formula is C18H33N. The normalized spacial score (nSPS) is 27.3. The standard InChI is InChI=1S/C16H27N.C2H6/c1-13-9-7-11-16(6,12-8-10-13)14(2,3)15(4,5)17;1-2/h7-9,11-12H,10,17H2,1-6H3;1-2H3/b11-7-,12-8-,13-9?;. The van der Waals surface area contributed by atoms with Crippen LogP contribution in [-0.4, -0.2) is 5.54 Å². The third-order valence-electron chi connectivity index (χ3n) is 4.68. The van der Waals surface area contributed by atoms with E-state index in [0.29, 0.717) is 0 Å². The molecule has 0 fully saturated rings. The average molecular weight is 263 g/mol. The maximum atomic E-state index is 6.36. The van der Waals surface area contributed by atoms with E-state index in [2.05, 4.69) is 71.9 Å². The molecule has 1 rings (SSSR count). The molecule has 0 amide bonds. The molecule has 1 atom stereocenters. The van der Waals surface area contributed by atoms with Crippen LogP contribution >= 0.6 is 0 Å². The number of rotatable bonds is 2.